The number of hydrogen-bond donors (Lipinski definition) is 1. The van der Waals surface area contributed by atoms with Crippen molar-refractivity contribution in [2.45, 2.75) is 39.0 Å². The van der Waals surface area contributed by atoms with Crippen LogP contribution in [0, 0.1) is 12.8 Å². The number of carbonyl (C=O) groups excluding carboxylic acids is 2. The van der Waals surface area contributed by atoms with E-state index in [1.807, 2.05) is 24.0 Å². The minimum Gasteiger partial charge on any atom is -0.351 e. The summed E-state index contributed by atoms with van der Waals surface area (Å²) < 4.78 is 1.03. The predicted molar refractivity (Wildman–Crippen MR) is 121 cm³/mol. The number of pyridine rings is 1. The third-order valence-electron chi connectivity index (χ3n) is 5.77. The molecular weight excluding hydrogens is 410 g/mol. The molecule has 31 heavy (non-hydrogen) atoms. The molecule has 0 saturated carbocycles. The first-order valence-electron chi connectivity index (χ1n) is 10.8. The molecular formula is C23H27N5O2S. The smallest absolute Gasteiger partial charge is 0.274 e. The van der Waals surface area contributed by atoms with Gasteiger partial charge in [0, 0.05) is 38.2 Å². The Labute approximate surface area is 185 Å². The maximum atomic E-state index is 12.5. The van der Waals surface area contributed by atoms with E-state index in [-0.39, 0.29) is 11.8 Å². The van der Waals surface area contributed by atoms with Gasteiger partial charge < -0.3 is 10.2 Å². The summed E-state index contributed by atoms with van der Waals surface area (Å²) in [5.41, 5.74) is 1.24. The number of piperidine rings is 1. The molecule has 0 spiro atoms. The Hall–Kier alpha value is -2.87. The Morgan fingerprint density at radius 2 is 2.00 bits per heavy atom. The van der Waals surface area contributed by atoms with Crippen LogP contribution in [0.1, 0.15) is 58.0 Å². The quantitative estimate of drug-likeness (QED) is 0.567. The Balaban J connectivity index is 1.13. The topological polar surface area (TPSA) is 88.1 Å². The van der Waals surface area contributed by atoms with Gasteiger partial charge in [-0.05, 0) is 49.6 Å². The number of hydrogen-bond acceptors (Lipinski definition) is 6. The van der Waals surface area contributed by atoms with Crippen molar-refractivity contribution in [1.29, 1.82) is 0 Å². The van der Waals surface area contributed by atoms with Crippen LogP contribution in [-0.2, 0) is 0 Å². The van der Waals surface area contributed by atoms with Crippen LogP contribution >= 0.6 is 11.3 Å². The molecule has 1 fully saturated rings. The summed E-state index contributed by atoms with van der Waals surface area (Å²) in [7, 11) is 0. The van der Waals surface area contributed by atoms with E-state index in [0.717, 1.165) is 65.9 Å². The molecule has 3 aromatic heterocycles. The van der Waals surface area contributed by atoms with E-state index in [2.05, 4.69) is 20.3 Å². The van der Waals surface area contributed by atoms with Gasteiger partial charge in [0.05, 0.1) is 21.5 Å². The lowest BCUT2D eigenvalue weighted by Gasteiger charge is -2.31. The van der Waals surface area contributed by atoms with E-state index in [0.29, 0.717) is 18.2 Å². The maximum Gasteiger partial charge on any atom is 0.274 e. The molecule has 4 heterocycles. The molecule has 2 amide bonds. The number of thiophene rings is 1. The van der Waals surface area contributed by atoms with E-state index in [1.54, 1.807) is 24.8 Å². The molecule has 7 nitrogen and oxygen atoms in total. The lowest BCUT2D eigenvalue weighted by atomic mass is 9.91. The Morgan fingerprint density at radius 3 is 2.74 bits per heavy atom. The van der Waals surface area contributed by atoms with Crippen LogP contribution in [0.4, 0.5) is 0 Å². The van der Waals surface area contributed by atoms with Crippen molar-refractivity contribution in [2.24, 2.45) is 5.92 Å². The fourth-order valence-electron chi connectivity index (χ4n) is 3.93. The normalized spacial score (nSPS) is 14.7. The summed E-state index contributed by atoms with van der Waals surface area (Å²) in [4.78, 5) is 40.0. The first-order chi connectivity index (χ1) is 15.1. The third kappa shape index (κ3) is 5.44. The van der Waals surface area contributed by atoms with E-state index in [4.69, 9.17) is 0 Å². The number of nitrogens with one attached hydrogen (secondary N) is 1. The zero-order chi connectivity index (χ0) is 21.6. The Morgan fingerprint density at radius 1 is 1.16 bits per heavy atom. The van der Waals surface area contributed by atoms with Crippen molar-refractivity contribution in [3.8, 4) is 0 Å². The molecule has 0 bridgehead atoms. The van der Waals surface area contributed by atoms with Crippen molar-refractivity contribution in [3.05, 3.63) is 53.2 Å². The molecule has 0 aromatic carbocycles. The highest BCUT2D eigenvalue weighted by atomic mass is 32.1. The summed E-state index contributed by atoms with van der Waals surface area (Å²) in [5, 5.41) is 4.09. The number of unbranched alkanes of at least 4 members (excludes halogenated alkanes) is 1. The van der Waals surface area contributed by atoms with Gasteiger partial charge in [0.15, 0.2) is 0 Å². The summed E-state index contributed by atoms with van der Waals surface area (Å²) in [6, 6.07) is 3.85. The van der Waals surface area contributed by atoms with Crippen molar-refractivity contribution < 1.29 is 9.59 Å². The van der Waals surface area contributed by atoms with Crippen molar-refractivity contribution >= 4 is 33.2 Å². The summed E-state index contributed by atoms with van der Waals surface area (Å²) in [6.07, 6.45) is 12.0. The highest BCUT2D eigenvalue weighted by Gasteiger charge is 2.24. The lowest BCUT2D eigenvalue weighted by Crippen LogP contribution is -2.39. The van der Waals surface area contributed by atoms with Crippen LogP contribution in [-0.4, -0.2) is 51.3 Å². The number of nitrogens with zero attached hydrogens (tertiary/aromatic N) is 4. The number of fused-ring (bicyclic) bond motifs is 1. The van der Waals surface area contributed by atoms with Gasteiger partial charge in [0.2, 0.25) is 0 Å². The standard InChI is InChI=1S/C23H27N5O2S/c1-16-13-27-19(14-26-16)23(30)28-10-6-17(7-11-28)4-2-3-8-25-22(29)20-12-18-5-9-24-15-21(18)31-20/h5,9,12-15,17H,2-4,6-8,10-11H2,1H3,(H,25,29). The van der Waals surface area contributed by atoms with E-state index >= 15 is 0 Å². The van der Waals surface area contributed by atoms with Gasteiger partial charge in [0.1, 0.15) is 5.69 Å². The van der Waals surface area contributed by atoms with Crippen LogP contribution in [0.5, 0.6) is 0 Å². The van der Waals surface area contributed by atoms with Crippen LogP contribution in [0.25, 0.3) is 10.1 Å². The van der Waals surface area contributed by atoms with Gasteiger partial charge in [-0.1, -0.05) is 12.8 Å². The van der Waals surface area contributed by atoms with Crippen molar-refractivity contribution in [2.75, 3.05) is 19.6 Å². The lowest BCUT2D eigenvalue weighted by molar-refractivity contribution is 0.0679. The maximum absolute atomic E-state index is 12.5. The molecule has 1 N–H and O–H groups in total. The molecule has 0 radical (unpaired) electrons. The van der Waals surface area contributed by atoms with Crippen molar-refractivity contribution in [1.82, 2.24) is 25.2 Å². The number of aromatic nitrogens is 3. The van der Waals surface area contributed by atoms with E-state index in [9.17, 15) is 9.59 Å². The molecule has 162 valence electrons. The minimum atomic E-state index is -0.0225. The average Bonchev–Trinajstić information content (AvgIpc) is 3.24. The van der Waals surface area contributed by atoms with Gasteiger partial charge in [-0.25, -0.2) is 4.98 Å². The van der Waals surface area contributed by atoms with Crippen LogP contribution in [0.2, 0.25) is 0 Å². The van der Waals surface area contributed by atoms with Gasteiger partial charge >= 0.3 is 0 Å². The van der Waals surface area contributed by atoms with Crippen LogP contribution in [0.15, 0.2) is 36.9 Å². The molecule has 1 aliphatic heterocycles. The third-order valence-corrected chi connectivity index (χ3v) is 6.86. The van der Waals surface area contributed by atoms with Crippen molar-refractivity contribution in [3.63, 3.8) is 0 Å². The molecule has 0 unspecified atom stereocenters. The molecule has 4 rings (SSSR count). The molecule has 1 aliphatic rings. The molecule has 8 heteroatoms. The zero-order valence-corrected chi connectivity index (χ0v) is 18.5. The second kappa shape index (κ2) is 9.96. The first-order valence-corrected chi connectivity index (χ1v) is 11.6. The van der Waals surface area contributed by atoms with Crippen LogP contribution in [0.3, 0.4) is 0 Å². The number of amides is 2. The summed E-state index contributed by atoms with van der Waals surface area (Å²) in [5.74, 6) is 0.608. The number of carbonyl (C=O) groups is 2. The van der Waals surface area contributed by atoms with Crippen LogP contribution < -0.4 is 5.32 Å². The molecule has 0 atom stereocenters. The zero-order valence-electron chi connectivity index (χ0n) is 17.7. The Kier molecular flexibility index (Phi) is 6.86. The first kappa shape index (κ1) is 21.4. The highest BCUT2D eigenvalue weighted by Crippen LogP contribution is 2.25. The molecule has 0 aliphatic carbocycles. The van der Waals surface area contributed by atoms with Gasteiger partial charge in [-0.15, -0.1) is 11.3 Å². The van der Waals surface area contributed by atoms with Gasteiger partial charge in [-0.3, -0.25) is 19.6 Å². The predicted octanol–water partition coefficient (Wildman–Crippen LogP) is 3.85. The highest BCUT2D eigenvalue weighted by molar-refractivity contribution is 7.20. The molecule has 1 saturated heterocycles. The number of aryl methyl sites for hydroxylation is 1. The number of likely N-dealkylation sites (tertiary alicyclic amines) is 1. The second-order valence-electron chi connectivity index (χ2n) is 8.05. The summed E-state index contributed by atoms with van der Waals surface area (Å²) in [6.45, 7) is 4.10. The Bertz CT molecular complexity index is 1010. The van der Waals surface area contributed by atoms with Gasteiger partial charge in [0.25, 0.3) is 11.8 Å². The largest absolute Gasteiger partial charge is 0.351 e. The molecule has 3 aromatic rings. The summed E-state index contributed by atoms with van der Waals surface area (Å²) >= 11 is 1.48. The monoisotopic (exact) mass is 437 g/mol. The van der Waals surface area contributed by atoms with E-state index < -0.39 is 0 Å². The average molecular weight is 438 g/mol. The van der Waals surface area contributed by atoms with E-state index in [1.165, 1.54) is 11.3 Å². The van der Waals surface area contributed by atoms with Gasteiger partial charge in [-0.2, -0.15) is 0 Å². The SMILES string of the molecule is Cc1cnc(C(=O)N2CCC(CCCCNC(=O)c3cc4ccncc4s3)CC2)cn1. The fourth-order valence-corrected chi connectivity index (χ4v) is 4.88. The minimum absolute atomic E-state index is 0.00720. The number of rotatable bonds is 7. The second-order valence-corrected chi connectivity index (χ2v) is 9.14. The fraction of sp³-hybridized carbons (Fsp3) is 0.435.